The maximum Gasteiger partial charge on any atom is 0.336 e. The largest absolute Gasteiger partial charge is 0.478 e. The summed E-state index contributed by atoms with van der Waals surface area (Å²) in [4.78, 5) is 23.3. The standard InChI is InChI=1S/C22H17FO7S/c1-12-7-17(19(22(26)27)10-16(12)21(24)25)18-8-13(11-31(28)29)5-6-20(18)30-15-4-2-3-14(23)9-15/h2-10,31H,11H2,1H3,(H,24,25)(H,26,27). The fraction of sp³-hybridized carbons (Fsp3) is 0.0909. The summed E-state index contributed by atoms with van der Waals surface area (Å²) in [6, 6.07) is 12.2. The summed E-state index contributed by atoms with van der Waals surface area (Å²) < 4.78 is 41.7. The Bertz CT molecular complexity index is 1260. The number of carboxylic acids is 2. The Labute approximate surface area is 178 Å². The summed E-state index contributed by atoms with van der Waals surface area (Å²) in [6.45, 7) is 1.52. The molecule has 7 nitrogen and oxygen atoms in total. The second-order valence-corrected chi connectivity index (χ2v) is 7.69. The molecule has 0 saturated heterocycles. The molecule has 3 rings (SSSR count). The van der Waals surface area contributed by atoms with Crippen LogP contribution in [0.15, 0.2) is 54.6 Å². The molecule has 0 bridgehead atoms. The number of thiol groups is 1. The number of ether oxygens (including phenoxy) is 1. The fourth-order valence-electron chi connectivity index (χ4n) is 3.12. The van der Waals surface area contributed by atoms with Crippen molar-refractivity contribution in [1.82, 2.24) is 0 Å². The molecule has 0 aliphatic heterocycles. The van der Waals surface area contributed by atoms with E-state index in [2.05, 4.69) is 0 Å². The second kappa shape index (κ2) is 8.97. The molecule has 160 valence electrons. The third kappa shape index (κ3) is 5.07. The monoisotopic (exact) mass is 444 g/mol. The normalized spacial score (nSPS) is 10.8. The first-order valence-electron chi connectivity index (χ1n) is 8.95. The molecular formula is C22H17FO7S. The lowest BCUT2D eigenvalue weighted by atomic mass is 9.92. The maximum atomic E-state index is 13.6. The molecule has 0 aliphatic carbocycles. The molecule has 0 atom stereocenters. The van der Waals surface area contributed by atoms with Crippen molar-refractivity contribution in [2.75, 3.05) is 0 Å². The Hall–Kier alpha value is -3.72. The van der Waals surface area contributed by atoms with Gasteiger partial charge in [-0.1, -0.05) is 12.1 Å². The van der Waals surface area contributed by atoms with Crippen LogP contribution in [0.5, 0.6) is 11.5 Å². The van der Waals surface area contributed by atoms with Gasteiger partial charge in [0.05, 0.1) is 16.9 Å². The molecule has 3 aromatic carbocycles. The molecule has 0 aromatic heterocycles. The van der Waals surface area contributed by atoms with Crippen LogP contribution in [0.2, 0.25) is 0 Å². The molecule has 31 heavy (non-hydrogen) atoms. The number of hydrogen-bond donors (Lipinski definition) is 3. The Balaban J connectivity index is 2.25. The smallest absolute Gasteiger partial charge is 0.336 e. The minimum atomic E-state index is -2.74. The van der Waals surface area contributed by atoms with Gasteiger partial charge in [0.25, 0.3) is 0 Å². The number of aryl methyl sites for hydroxylation is 1. The molecule has 2 N–H and O–H groups in total. The fourth-order valence-corrected chi connectivity index (χ4v) is 3.61. The van der Waals surface area contributed by atoms with E-state index in [4.69, 9.17) is 4.74 Å². The van der Waals surface area contributed by atoms with Crippen LogP contribution in [0, 0.1) is 12.7 Å². The highest BCUT2D eigenvalue weighted by Crippen LogP contribution is 2.37. The lowest BCUT2D eigenvalue weighted by Crippen LogP contribution is -2.07. The first kappa shape index (κ1) is 22.0. The van der Waals surface area contributed by atoms with Gasteiger partial charge in [-0.05, 0) is 54.4 Å². The molecule has 0 amide bonds. The zero-order valence-electron chi connectivity index (χ0n) is 16.2. The number of aromatic carboxylic acids is 2. The van der Waals surface area contributed by atoms with Crippen LogP contribution < -0.4 is 4.74 Å². The summed E-state index contributed by atoms with van der Waals surface area (Å²) in [5.74, 6) is -3.15. The first-order valence-corrected chi connectivity index (χ1v) is 10.3. The van der Waals surface area contributed by atoms with Crippen LogP contribution in [0.1, 0.15) is 31.8 Å². The number of rotatable bonds is 7. The van der Waals surface area contributed by atoms with E-state index in [1.807, 2.05) is 0 Å². The van der Waals surface area contributed by atoms with Gasteiger partial charge in [-0.3, -0.25) is 0 Å². The minimum absolute atomic E-state index is 0.143. The molecule has 3 aromatic rings. The number of benzene rings is 3. The van der Waals surface area contributed by atoms with Gasteiger partial charge in [-0.15, -0.1) is 0 Å². The molecule has 0 fully saturated rings. The van der Waals surface area contributed by atoms with Crippen molar-refractivity contribution >= 4 is 22.6 Å². The third-order valence-corrected chi connectivity index (χ3v) is 5.12. The number of halogens is 1. The average Bonchev–Trinajstić information content (AvgIpc) is 2.68. The quantitative estimate of drug-likeness (QED) is 0.470. The average molecular weight is 444 g/mol. The molecule has 9 heteroatoms. The van der Waals surface area contributed by atoms with E-state index in [1.54, 1.807) is 0 Å². The van der Waals surface area contributed by atoms with E-state index in [0.717, 1.165) is 12.1 Å². The van der Waals surface area contributed by atoms with E-state index in [0.29, 0.717) is 11.1 Å². The van der Waals surface area contributed by atoms with E-state index in [1.165, 1.54) is 49.4 Å². The maximum absolute atomic E-state index is 13.6. The topological polar surface area (TPSA) is 118 Å². The summed E-state index contributed by atoms with van der Waals surface area (Å²) in [5.41, 5.74) is 0.599. The predicted octanol–water partition coefficient (Wildman–Crippen LogP) is 4.10. The van der Waals surface area contributed by atoms with Crippen molar-refractivity contribution < 1.29 is 37.3 Å². The highest BCUT2D eigenvalue weighted by Gasteiger charge is 2.21. The third-order valence-electron chi connectivity index (χ3n) is 4.50. The number of carbonyl (C=O) groups is 2. The first-order chi connectivity index (χ1) is 14.7. The molecule has 0 unspecified atom stereocenters. The van der Waals surface area contributed by atoms with Gasteiger partial charge < -0.3 is 14.9 Å². The van der Waals surface area contributed by atoms with Crippen molar-refractivity contribution in [3.05, 3.63) is 82.7 Å². The predicted molar refractivity (Wildman–Crippen MR) is 111 cm³/mol. The summed E-state index contributed by atoms with van der Waals surface area (Å²) in [6.07, 6.45) is 0. The van der Waals surface area contributed by atoms with Crippen LogP contribution in [0.4, 0.5) is 4.39 Å². The SMILES string of the molecule is Cc1cc(-c2cc(C[SH](=O)=O)ccc2Oc2cccc(F)c2)c(C(=O)O)cc1C(=O)O. The molecule has 0 radical (unpaired) electrons. The Morgan fingerprint density at radius 3 is 2.26 bits per heavy atom. The lowest BCUT2D eigenvalue weighted by molar-refractivity contribution is 0.0695. The summed E-state index contributed by atoms with van der Waals surface area (Å²) in [7, 11) is -2.74. The van der Waals surface area contributed by atoms with Gasteiger partial charge in [0.1, 0.15) is 28.0 Å². The Kier molecular flexibility index (Phi) is 6.36. The van der Waals surface area contributed by atoms with Crippen molar-refractivity contribution in [3.8, 4) is 22.6 Å². The molecular weight excluding hydrogens is 427 g/mol. The van der Waals surface area contributed by atoms with Crippen LogP contribution >= 0.6 is 0 Å². The highest BCUT2D eigenvalue weighted by molar-refractivity contribution is 7.71. The lowest BCUT2D eigenvalue weighted by Gasteiger charge is -2.16. The van der Waals surface area contributed by atoms with E-state index in [9.17, 15) is 32.6 Å². The van der Waals surface area contributed by atoms with E-state index in [-0.39, 0.29) is 39.5 Å². The van der Waals surface area contributed by atoms with Crippen molar-refractivity contribution in [3.63, 3.8) is 0 Å². The highest BCUT2D eigenvalue weighted by atomic mass is 32.2. The van der Waals surface area contributed by atoms with Crippen molar-refractivity contribution in [2.24, 2.45) is 0 Å². The van der Waals surface area contributed by atoms with E-state index < -0.39 is 28.5 Å². The van der Waals surface area contributed by atoms with Gasteiger partial charge in [-0.25, -0.2) is 22.4 Å². The van der Waals surface area contributed by atoms with Gasteiger partial charge in [0.2, 0.25) is 0 Å². The molecule has 0 heterocycles. The second-order valence-electron chi connectivity index (χ2n) is 6.70. The molecule has 0 spiro atoms. The van der Waals surface area contributed by atoms with Crippen molar-refractivity contribution in [2.45, 2.75) is 12.7 Å². The zero-order valence-corrected chi connectivity index (χ0v) is 17.1. The van der Waals surface area contributed by atoms with Crippen LogP contribution in [-0.4, -0.2) is 30.6 Å². The van der Waals surface area contributed by atoms with Gasteiger partial charge in [0, 0.05) is 17.2 Å². The van der Waals surface area contributed by atoms with Gasteiger partial charge in [0.15, 0.2) is 0 Å². The Morgan fingerprint density at radius 2 is 1.65 bits per heavy atom. The zero-order chi connectivity index (χ0) is 22.7. The Morgan fingerprint density at radius 1 is 0.935 bits per heavy atom. The van der Waals surface area contributed by atoms with Gasteiger partial charge >= 0.3 is 11.9 Å². The van der Waals surface area contributed by atoms with E-state index >= 15 is 0 Å². The minimum Gasteiger partial charge on any atom is -0.478 e. The van der Waals surface area contributed by atoms with Crippen LogP contribution in [0.3, 0.4) is 0 Å². The van der Waals surface area contributed by atoms with Crippen LogP contribution in [-0.2, 0) is 16.5 Å². The van der Waals surface area contributed by atoms with Crippen LogP contribution in [0.25, 0.3) is 11.1 Å². The molecule has 0 aliphatic rings. The summed E-state index contributed by atoms with van der Waals surface area (Å²) >= 11 is 0. The van der Waals surface area contributed by atoms with Gasteiger partial charge in [-0.2, -0.15) is 0 Å². The summed E-state index contributed by atoms with van der Waals surface area (Å²) in [5, 5.41) is 19.0. The number of carboxylic acid groups (broad SMARTS) is 2. The molecule has 0 saturated carbocycles. The van der Waals surface area contributed by atoms with Crippen molar-refractivity contribution in [1.29, 1.82) is 0 Å². The number of hydrogen-bond acceptors (Lipinski definition) is 5.